The number of piperidine rings is 1. The Balaban J connectivity index is 1.29. The van der Waals surface area contributed by atoms with E-state index in [1.165, 1.54) is 16.4 Å². The molecule has 0 atom stereocenters. The molecule has 2 saturated heterocycles. The van der Waals surface area contributed by atoms with Crippen molar-refractivity contribution in [2.75, 3.05) is 39.3 Å². The van der Waals surface area contributed by atoms with Crippen LogP contribution in [0.4, 0.5) is 4.39 Å². The Morgan fingerprint density at radius 2 is 1.58 bits per heavy atom. The Hall–Kier alpha value is -2.29. The SMILES string of the molecule is Cc1ccc(S(=O)(=O)N2CCC(C(=O)N3CCCN(Cc4ccc(F)cc4)CC3)CC2)cc1. The summed E-state index contributed by atoms with van der Waals surface area (Å²) in [6.07, 6.45) is 2.01. The summed E-state index contributed by atoms with van der Waals surface area (Å²) in [5, 5.41) is 0. The van der Waals surface area contributed by atoms with Gasteiger partial charge in [0.25, 0.3) is 0 Å². The maximum atomic E-state index is 13.2. The van der Waals surface area contributed by atoms with Gasteiger partial charge in [-0.15, -0.1) is 0 Å². The summed E-state index contributed by atoms with van der Waals surface area (Å²) in [4.78, 5) is 17.7. The highest BCUT2D eigenvalue weighted by Crippen LogP contribution is 2.26. The molecule has 6 nitrogen and oxygen atoms in total. The minimum absolute atomic E-state index is 0.127. The van der Waals surface area contributed by atoms with Crippen molar-refractivity contribution in [1.29, 1.82) is 0 Å². The largest absolute Gasteiger partial charge is 0.341 e. The van der Waals surface area contributed by atoms with Gasteiger partial charge in [-0.25, -0.2) is 12.8 Å². The number of hydrogen-bond donors (Lipinski definition) is 0. The van der Waals surface area contributed by atoms with Crippen LogP contribution in [0.25, 0.3) is 0 Å². The second-order valence-electron chi connectivity index (χ2n) is 9.07. The molecule has 2 aromatic rings. The quantitative estimate of drug-likeness (QED) is 0.669. The van der Waals surface area contributed by atoms with Crippen LogP contribution in [0.15, 0.2) is 53.4 Å². The fraction of sp³-hybridized carbons (Fsp3) is 0.480. The molecular formula is C25H32FN3O3S. The molecule has 2 aliphatic heterocycles. The highest BCUT2D eigenvalue weighted by Gasteiger charge is 2.34. The molecule has 0 spiro atoms. The van der Waals surface area contributed by atoms with E-state index >= 15 is 0 Å². The summed E-state index contributed by atoms with van der Waals surface area (Å²) in [6.45, 7) is 6.49. The van der Waals surface area contributed by atoms with Gasteiger partial charge in [-0.05, 0) is 56.0 Å². The van der Waals surface area contributed by atoms with Gasteiger partial charge in [-0.3, -0.25) is 9.69 Å². The molecular weight excluding hydrogens is 441 g/mol. The smallest absolute Gasteiger partial charge is 0.243 e. The average molecular weight is 474 g/mol. The first-order chi connectivity index (χ1) is 15.8. The minimum atomic E-state index is -3.52. The fourth-order valence-corrected chi connectivity index (χ4v) is 6.13. The molecule has 0 aromatic heterocycles. The first kappa shape index (κ1) is 23.9. The molecule has 8 heteroatoms. The first-order valence-electron chi connectivity index (χ1n) is 11.7. The van der Waals surface area contributed by atoms with E-state index in [0.29, 0.717) is 37.4 Å². The van der Waals surface area contributed by atoms with Crippen LogP contribution in [0.2, 0.25) is 0 Å². The molecule has 0 bridgehead atoms. The number of sulfonamides is 1. The van der Waals surface area contributed by atoms with Gasteiger partial charge in [-0.2, -0.15) is 4.31 Å². The van der Waals surface area contributed by atoms with Crippen molar-refractivity contribution in [3.63, 3.8) is 0 Å². The number of carbonyl (C=O) groups excluding carboxylic acids is 1. The van der Waals surface area contributed by atoms with Crippen LogP contribution in [0, 0.1) is 18.7 Å². The van der Waals surface area contributed by atoms with E-state index in [1.807, 2.05) is 36.1 Å². The number of benzene rings is 2. The van der Waals surface area contributed by atoms with Crippen LogP contribution in [-0.2, 0) is 21.4 Å². The van der Waals surface area contributed by atoms with Crippen molar-refractivity contribution < 1.29 is 17.6 Å². The molecule has 0 N–H and O–H groups in total. The van der Waals surface area contributed by atoms with Gasteiger partial charge in [-0.1, -0.05) is 29.8 Å². The number of nitrogens with zero attached hydrogens (tertiary/aromatic N) is 3. The molecule has 33 heavy (non-hydrogen) atoms. The van der Waals surface area contributed by atoms with E-state index in [2.05, 4.69) is 4.90 Å². The van der Waals surface area contributed by atoms with Gasteiger partial charge >= 0.3 is 0 Å². The maximum absolute atomic E-state index is 13.2. The monoisotopic (exact) mass is 473 g/mol. The van der Waals surface area contributed by atoms with Gasteiger partial charge in [0.1, 0.15) is 5.82 Å². The topological polar surface area (TPSA) is 60.9 Å². The van der Waals surface area contributed by atoms with Crippen molar-refractivity contribution in [2.24, 2.45) is 5.92 Å². The van der Waals surface area contributed by atoms with Gasteiger partial charge in [0, 0.05) is 51.7 Å². The highest BCUT2D eigenvalue weighted by atomic mass is 32.2. The predicted molar refractivity (Wildman–Crippen MR) is 126 cm³/mol. The summed E-state index contributed by atoms with van der Waals surface area (Å²) in [6, 6.07) is 13.5. The van der Waals surface area contributed by atoms with Gasteiger partial charge in [0.05, 0.1) is 4.90 Å². The van der Waals surface area contributed by atoms with Crippen LogP contribution < -0.4 is 0 Å². The Kier molecular flexibility index (Phi) is 7.46. The van der Waals surface area contributed by atoms with Crippen molar-refractivity contribution in [1.82, 2.24) is 14.1 Å². The second kappa shape index (κ2) is 10.3. The number of halogens is 1. The Labute approximate surface area is 196 Å². The Morgan fingerprint density at radius 3 is 2.24 bits per heavy atom. The number of aryl methyl sites for hydroxylation is 1. The molecule has 2 aliphatic rings. The van der Waals surface area contributed by atoms with Crippen molar-refractivity contribution in [3.8, 4) is 0 Å². The third-order valence-electron chi connectivity index (χ3n) is 6.68. The Bertz CT molecular complexity index is 1050. The summed E-state index contributed by atoms with van der Waals surface area (Å²) in [5.74, 6) is -0.215. The normalized spacial score (nSPS) is 19.4. The highest BCUT2D eigenvalue weighted by molar-refractivity contribution is 7.89. The van der Waals surface area contributed by atoms with Crippen molar-refractivity contribution in [3.05, 3.63) is 65.5 Å². The molecule has 2 fully saturated rings. The molecule has 0 radical (unpaired) electrons. The zero-order valence-electron chi connectivity index (χ0n) is 19.1. The maximum Gasteiger partial charge on any atom is 0.243 e. The van der Waals surface area contributed by atoms with Gasteiger partial charge < -0.3 is 4.90 Å². The molecule has 178 valence electrons. The van der Waals surface area contributed by atoms with E-state index in [-0.39, 0.29) is 17.6 Å². The van der Waals surface area contributed by atoms with Crippen molar-refractivity contribution in [2.45, 2.75) is 37.6 Å². The van der Waals surface area contributed by atoms with E-state index in [4.69, 9.17) is 0 Å². The van der Waals surface area contributed by atoms with E-state index < -0.39 is 10.0 Å². The van der Waals surface area contributed by atoms with E-state index in [0.717, 1.165) is 43.7 Å². The lowest BCUT2D eigenvalue weighted by molar-refractivity contribution is -0.136. The second-order valence-corrected chi connectivity index (χ2v) is 11.0. The zero-order chi connectivity index (χ0) is 23.4. The van der Waals surface area contributed by atoms with Crippen LogP contribution in [-0.4, -0.2) is 67.7 Å². The van der Waals surface area contributed by atoms with E-state index in [9.17, 15) is 17.6 Å². The van der Waals surface area contributed by atoms with Crippen LogP contribution >= 0.6 is 0 Å². The van der Waals surface area contributed by atoms with Crippen molar-refractivity contribution >= 4 is 15.9 Å². The fourth-order valence-electron chi connectivity index (χ4n) is 4.66. The van der Waals surface area contributed by atoms with Crippen LogP contribution in [0.5, 0.6) is 0 Å². The summed E-state index contributed by atoms with van der Waals surface area (Å²) in [5.41, 5.74) is 2.09. The average Bonchev–Trinajstić information content (AvgIpc) is 3.06. The van der Waals surface area contributed by atoms with E-state index in [1.54, 1.807) is 12.1 Å². The van der Waals surface area contributed by atoms with Gasteiger partial charge in [0.15, 0.2) is 0 Å². The lowest BCUT2D eigenvalue weighted by Crippen LogP contribution is -2.45. The lowest BCUT2D eigenvalue weighted by atomic mass is 9.96. The van der Waals surface area contributed by atoms with Crippen LogP contribution in [0.1, 0.15) is 30.4 Å². The third-order valence-corrected chi connectivity index (χ3v) is 8.59. The molecule has 0 unspecified atom stereocenters. The molecule has 0 aliphatic carbocycles. The molecule has 1 amide bonds. The summed E-state index contributed by atoms with van der Waals surface area (Å²) in [7, 11) is -3.52. The third kappa shape index (κ3) is 5.80. The molecule has 0 saturated carbocycles. The minimum Gasteiger partial charge on any atom is -0.341 e. The number of rotatable bonds is 5. The molecule has 2 aromatic carbocycles. The standard InChI is InChI=1S/C25H32FN3O3S/c1-20-3-9-24(10-4-20)33(31,32)29-15-11-22(12-16-29)25(30)28-14-2-13-27(17-18-28)19-21-5-7-23(26)8-6-21/h3-10,22H,2,11-19H2,1H3. The predicted octanol–water partition coefficient (Wildman–Crippen LogP) is 3.27. The van der Waals surface area contributed by atoms with Gasteiger partial charge in [0.2, 0.25) is 15.9 Å². The van der Waals surface area contributed by atoms with Crippen LogP contribution in [0.3, 0.4) is 0 Å². The molecule has 4 rings (SSSR count). The molecule has 2 heterocycles. The summed E-state index contributed by atoms with van der Waals surface area (Å²) < 4.78 is 40.5. The lowest BCUT2D eigenvalue weighted by Gasteiger charge is -2.33. The first-order valence-corrected chi connectivity index (χ1v) is 13.1. The number of carbonyl (C=O) groups is 1. The number of amides is 1. The summed E-state index contributed by atoms with van der Waals surface area (Å²) >= 11 is 0. The zero-order valence-corrected chi connectivity index (χ0v) is 19.9. The number of hydrogen-bond acceptors (Lipinski definition) is 4. The Morgan fingerprint density at radius 1 is 0.909 bits per heavy atom.